The zero-order chi connectivity index (χ0) is 15.6. The smallest absolute Gasteiger partial charge is 0.186 e. The van der Waals surface area contributed by atoms with E-state index in [-0.39, 0.29) is 0 Å². The van der Waals surface area contributed by atoms with E-state index in [0.717, 1.165) is 54.4 Å². The number of rotatable bonds is 4. The second kappa shape index (κ2) is 6.13. The molecule has 0 amide bonds. The third-order valence-electron chi connectivity index (χ3n) is 3.86. The number of imidazole rings is 1. The number of aryl methyl sites for hydroxylation is 1. The Morgan fingerprint density at radius 3 is 2.87 bits per heavy atom. The van der Waals surface area contributed by atoms with Gasteiger partial charge >= 0.3 is 0 Å². The number of thiazole rings is 1. The van der Waals surface area contributed by atoms with Crippen molar-refractivity contribution >= 4 is 16.5 Å². The van der Waals surface area contributed by atoms with Gasteiger partial charge in [-0.25, -0.2) is 9.97 Å². The fraction of sp³-hybridized carbons (Fsp3) is 0.400. The van der Waals surface area contributed by atoms with Crippen molar-refractivity contribution in [1.29, 1.82) is 0 Å². The third kappa shape index (κ3) is 2.75. The summed E-state index contributed by atoms with van der Waals surface area (Å²) in [5.74, 6) is 0.901. The van der Waals surface area contributed by atoms with Crippen LogP contribution < -0.4 is 4.90 Å². The molecule has 3 aromatic heterocycles. The van der Waals surface area contributed by atoms with Gasteiger partial charge in [0.15, 0.2) is 11.0 Å². The van der Waals surface area contributed by atoms with Crippen LogP contribution in [0.5, 0.6) is 0 Å². The Morgan fingerprint density at radius 2 is 2.09 bits per heavy atom. The first-order valence-electron chi connectivity index (χ1n) is 7.70. The average Bonchev–Trinajstić information content (AvgIpc) is 3.33. The fourth-order valence-electron chi connectivity index (χ4n) is 2.61. The highest BCUT2D eigenvalue weighted by Gasteiger charge is 2.17. The van der Waals surface area contributed by atoms with E-state index in [9.17, 15) is 0 Å². The summed E-state index contributed by atoms with van der Waals surface area (Å²) in [6, 6.07) is 0. The molecule has 0 spiro atoms. The highest BCUT2D eigenvalue weighted by molar-refractivity contribution is 7.18. The first-order chi connectivity index (χ1) is 11.3. The van der Waals surface area contributed by atoms with Gasteiger partial charge < -0.3 is 9.64 Å². The minimum absolute atomic E-state index is 0.764. The number of morpholine rings is 1. The maximum absolute atomic E-state index is 5.40. The second-order valence-corrected chi connectivity index (χ2v) is 6.29. The lowest BCUT2D eigenvalue weighted by Gasteiger charge is -2.25. The van der Waals surface area contributed by atoms with Gasteiger partial charge in [-0.15, -0.1) is 0 Å². The summed E-state index contributed by atoms with van der Waals surface area (Å²) in [5, 5.41) is 5.37. The van der Waals surface area contributed by atoms with E-state index in [1.807, 2.05) is 35.7 Å². The number of hydrogen-bond acceptors (Lipinski definition) is 6. The first kappa shape index (κ1) is 14.4. The summed E-state index contributed by atoms with van der Waals surface area (Å²) in [7, 11) is 0. The minimum Gasteiger partial charge on any atom is -0.378 e. The van der Waals surface area contributed by atoms with Crippen molar-refractivity contribution in [3.8, 4) is 16.4 Å². The SMILES string of the molecule is CCn1cc(-n2ccnc2-c2cnc(N3CCOCC3)s2)cn1. The lowest BCUT2D eigenvalue weighted by molar-refractivity contribution is 0.122. The summed E-state index contributed by atoms with van der Waals surface area (Å²) in [4.78, 5) is 12.4. The predicted octanol–water partition coefficient (Wildman–Crippen LogP) is 2.05. The molecule has 0 saturated carbocycles. The Labute approximate surface area is 138 Å². The van der Waals surface area contributed by atoms with E-state index in [1.54, 1.807) is 11.3 Å². The number of hydrogen-bond donors (Lipinski definition) is 0. The van der Waals surface area contributed by atoms with Crippen LogP contribution >= 0.6 is 11.3 Å². The van der Waals surface area contributed by atoms with Crippen molar-refractivity contribution in [2.45, 2.75) is 13.5 Å². The van der Waals surface area contributed by atoms with Gasteiger partial charge in [0.25, 0.3) is 0 Å². The van der Waals surface area contributed by atoms with E-state index < -0.39 is 0 Å². The van der Waals surface area contributed by atoms with Crippen LogP contribution in [0.3, 0.4) is 0 Å². The molecule has 0 aromatic carbocycles. The van der Waals surface area contributed by atoms with Gasteiger partial charge in [0.2, 0.25) is 0 Å². The average molecular weight is 330 g/mol. The second-order valence-electron chi connectivity index (χ2n) is 5.28. The van der Waals surface area contributed by atoms with Crippen LogP contribution in [-0.4, -0.2) is 50.6 Å². The van der Waals surface area contributed by atoms with Crippen molar-refractivity contribution in [1.82, 2.24) is 24.3 Å². The molecule has 1 aliphatic heterocycles. The number of ether oxygens (including phenoxy) is 1. The molecule has 1 fully saturated rings. The van der Waals surface area contributed by atoms with E-state index in [1.165, 1.54) is 0 Å². The molecule has 23 heavy (non-hydrogen) atoms. The van der Waals surface area contributed by atoms with Gasteiger partial charge in [-0.2, -0.15) is 5.10 Å². The van der Waals surface area contributed by atoms with E-state index in [4.69, 9.17) is 4.74 Å². The fourth-order valence-corrected chi connectivity index (χ4v) is 3.57. The molecule has 4 heterocycles. The Balaban J connectivity index is 1.64. The van der Waals surface area contributed by atoms with Crippen molar-refractivity contribution in [3.63, 3.8) is 0 Å². The van der Waals surface area contributed by atoms with Gasteiger partial charge in [-0.3, -0.25) is 9.25 Å². The van der Waals surface area contributed by atoms with Crippen LogP contribution in [0.25, 0.3) is 16.4 Å². The van der Waals surface area contributed by atoms with Crippen LogP contribution in [0.4, 0.5) is 5.13 Å². The normalized spacial score (nSPS) is 15.3. The summed E-state index contributed by atoms with van der Waals surface area (Å²) < 4.78 is 9.36. The molecule has 0 atom stereocenters. The van der Waals surface area contributed by atoms with Gasteiger partial charge in [-0.05, 0) is 6.92 Å². The number of nitrogens with zero attached hydrogens (tertiary/aromatic N) is 6. The molecule has 0 unspecified atom stereocenters. The predicted molar refractivity (Wildman–Crippen MR) is 89.2 cm³/mol. The zero-order valence-electron chi connectivity index (χ0n) is 12.9. The molecule has 3 aromatic rings. The largest absolute Gasteiger partial charge is 0.378 e. The van der Waals surface area contributed by atoms with Crippen LogP contribution in [0.2, 0.25) is 0 Å². The Hall–Kier alpha value is -2.19. The van der Waals surface area contributed by atoms with Crippen molar-refractivity contribution < 1.29 is 4.74 Å². The van der Waals surface area contributed by atoms with E-state index in [0.29, 0.717) is 0 Å². The molecule has 0 N–H and O–H groups in total. The van der Waals surface area contributed by atoms with Crippen LogP contribution in [0.15, 0.2) is 31.0 Å². The molecule has 120 valence electrons. The Morgan fingerprint density at radius 1 is 1.22 bits per heavy atom. The standard InChI is InChI=1S/C15H18N6OS/c1-2-20-11-12(9-18-20)21-4-3-16-14(21)13-10-17-15(23-13)19-5-7-22-8-6-19/h3-4,9-11H,2,5-8H2,1H3. The molecule has 1 aliphatic rings. The zero-order valence-corrected chi connectivity index (χ0v) is 13.7. The summed E-state index contributed by atoms with van der Waals surface area (Å²) in [6.07, 6.45) is 9.56. The molecule has 0 aliphatic carbocycles. The molecule has 7 nitrogen and oxygen atoms in total. The topological polar surface area (TPSA) is 61.0 Å². The van der Waals surface area contributed by atoms with Crippen molar-refractivity contribution in [2.75, 3.05) is 31.2 Å². The third-order valence-corrected chi connectivity index (χ3v) is 4.91. The maximum atomic E-state index is 5.40. The molecule has 4 rings (SSSR count). The van der Waals surface area contributed by atoms with Gasteiger partial charge in [0, 0.05) is 38.2 Å². The summed E-state index contributed by atoms with van der Waals surface area (Å²) in [5.41, 5.74) is 1.01. The number of anilines is 1. The van der Waals surface area contributed by atoms with Crippen LogP contribution in [0.1, 0.15) is 6.92 Å². The van der Waals surface area contributed by atoms with Crippen LogP contribution in [0, 0.1) is 0 Å². The lowest BCUT2D eigenvalue weighted by Crippen LogP contribution is -2.36. The monoisotopic (exact) mass is 330 g/mol. The van der Waals surface area contributed by atoms with Crippen LogP contribution in [-0.2, 0) is 11.3 Å². The first-order valence-corrected chi connectivity index (χ1v) is 8.52. The number of aromatic nitrogens is 5. The minimum atomic E-state index is 0.764. The van der Waals surface area contributed by atoms with Gasteiger partial charge in [0.1, 0.15) is 0 Å². The van der Waals surface area contributed by atoms with E-state index in [2.05, 4.69) is 31.5 Å². The highest BCUT2D eigenvalue weighted by atomic mass is 32.1. The molecular formula is C15H18N6OS. The Kier molecular flexibility index (Phi) is 3.84. The maximum Gasteiger partial charge on any atom is 0.186 e. The molecule has 0 bridgehead atoms. The summed E-state index contributed by atoms with van der Waals surface area (Å²) >= 11 is 1.67. The van der Waals surface area contributed by atoms with E-state index >= 15 is 0 Å². The molecule has 0 radical (unpaired) electrons. The lowest BCUT2D eigenvalue weighted by atomic mass is 10.4. The Bertz CT molecular complexity index is 785. The molecular weight excluding hydrogens is 312 g/mol. The van der Waals surface area contributed by atoms with Crippen molar-refractivity contribution in [3.05, 3.63) is 31.0 Å². The van der Waals surface area contributed by atoms with Gasteiger partial charge in [0.05, 0.1) is 36.2 Å². The molecule has 8 heteroatoms. The van der Waals surface area contributed by atoms with Crippen molar-refractivity contribution in [2.24, 2.45) is 0 Å². The van der Waals surface area contributed by atoms with Gasteiger partial charge in [-0.1, -0.05) is 11.3 Å². The highest BCUT2D eigenvalue weighted by Crippen LogP contribution is 2.31. The molecule has 1 saturated heterocycles. The quantitative estimate of drug-likeness (QED) is 0.733. The summed E-state index contributed by atoms with van der Waals surface area (Å²) in [6.45, 7) is 6.24.